The first-order chi connectivity index (χ1) is 14.6. The first-order valence-electron chi connectivity index (χ1n) is 11.1. The number of benzene rings is 2. The number of hydrogen-bond acceptors (Lipinski definition) is 3. The SMILES string of the molecule is O=C1Nc2cc(NC(=O)C34CC5CC(CC(C5)C3)C4)ccc2OC1c1ccccc1. The van der Waals surface area contributed by atoms with Crippen LogP contribution in [0.3, 0.4) is 0 Å². The molecule has 1 heterocycles. The van der Waals surface area contributed by atoms with Gasteiger partial charge < -0.3 is 15.4 Å². The van der Waals surface area contributed by atoms with Crippen molar-refractivity contribution in [3.63, 3.8) is 0 Å². The minimum absolute atomic E-state index is 0.159. The van der Waals surface area contributed by atoms with E-state index in [1.54, 1.807) is 0 Å². The van der Waals surface area contributed by atoms with Crippen LogP contribution in [0.5, 0.6) is 5.75 Å². The van der Waals surface area contributed by atoms with Gasteiger partial charge in [0.1, 0.15) is 5.75 Å². The molecule has 0 saturated heterocycles. The van der Waals surface area contributed by atoms with Gasteiger partial charge in [-0.15, -0.1) is 0 Å². The number of ether oxygens (including phenoxy) is 1. The zero-order chi connectivity index (χ0) is 20.3. The highest BCUT2D eigenvalue weighted by Gasteiger charge is 2.54. The summed E-state index contributed by atoms with van der Waals surface area (Å²) in [6.45, 7) is 0. The second kappa shape index (κ2) is 6.59. The third-order valence-electron chi connectivity index (χ3n) is 7.60. The normalized spacial score (nSPS) is 33.4. The van der Waals surface area contributed by atoms with E-state index in [-0.39, 0.29) is 17.2 Å². The number of amides is 2. The standard InChI is InChI=1S/C25H26N2O3/c28-23-22(18-4-2-1-3-5-18)30-21-7-6-19(11-20(21)27-23)26-24(29)25-12-15-8-16(13-25)10-17(9-15)14-25/h1-7,11,15-17,22H,8-10,12-14H2,(H,26,29)(H,27,28). The fraction of sp³-hybridized carbons (Fsp3) is 0.440. The van der Waals surface area contributed by atoms with Gasteiger partial charge in [-0.1, -0.05) is 30.3 Å². The van der Waals surface area contributed by atoms with E-state index >= 15 is 0 Å². The number of fused-ring (bicyclic) bond motifs is 1. The fourth-order valence-corrected chi connectivity index (χ4v) is 6.69. The Morgan fingerprint density at radius 3 is 2.30 bits per heavy atom. The lowest BCUT2D eigenvalue weighted by atomic mass is 9.49. The van der Waals surface area contributed by atoms with E-state index in [0.29, 0.717) is 11.4 Å². The summed E-state index contributed by atoms with van der Waals surface area (Å²) >= 11 is 0. The van der Waals surface area contributed by atoms with Crippen LogP contribution in [-0.4, -0.2) is 11.8 Å². The lowest BCUT2D eigenvalue weighted by molar-refractivity contribution is -0.140. The molecular formula is C25H26N2O3. The molecule has 5 heteroatoms. The molecule has 4 aliphatic carbocycles. The van der Waals surface area contributed by atoms with Crippen LogP contribution < -0.4 is 15.4 Å². The lowest BCUT2D eigenvalue weighted by Crippen LogP contribution is -2.51. The molecule has 154 valence electrons. The van der Waals surface area contributed by atoms with Crippen LogP contribution in [0.15, 0.2) is 48.5 Å². The van der Waals surface area contributed by atoms with Crippen LogP contribution in [0.25, 0.3) is 0 Å². The highest BCUT2D eigenvalue weighted by atomic mass is 16.5. The Morgan fingerprint density at radius 2 is 1.63 bits per heavy atom. The van der Waals surface area contributed by atoms with Crippen molar-refractivity contribution in [1.82, 2.24) is 0 Å². The van der Waals surface area contributed by atoms with Crippen LogP contribution in [-0.2, 0) is 9.59 Å². The monoisotopic (exact) mass is 402 g/mol. The van der Waals surface area contributed by atoms with Gasteiger partial charge in [-0.25, -0.2) is 0 Å². The lowest BCUT2D eigenvalue weighted by Gasteiger charge is -2.55. The molecule has 0 aromatic heterocycles. The first kappa shape index (κ1) is 18.0. The van der Waals surface area contributed by atoms with E-state index in [9.17, 15) is 9.59 Å². The Balaban J connectivity index is 1.21. The number of nitrogens with one attached hydrogen (secondary N) is 2. The summed E-state index contributed by atoms with van der Waals surface area (Å²) in [5.41, 5.74) is 1.95. The molecule has 2 N–H and O–H groups in total. The Bertz CT molecular complexity index is 981. The summed E-state index contributed by atoms with van der Waals surface area (Å²) < 4.78 is 5.97. The van der Waals surface area contributed by atoms with Gasteiger partial charge in [-0.2, -0.15) is 0 Å². The Labute approximate surface area is 176 Å². The van der Waals surface area contributed by atoms with E-state index < -0.39 is 6.10 Å². The molecule has 7 rings (SSSR count). The molecular weight excluding hydrogens is 376 g/mol. The molecule has 4 fully saturated rings. The maximum absolute atomic E-state index is 13.3. The van der Waals surface area contributed by atoms with Crippen LogP contribution >= 0.6 is 0 Å². The summed E-state index contributed by atoms with van der Waals surface area (Å²) in [6.07, 6.45) is 6.40. The number of rotatable bonds is 3. The van der Waals surface area contributed by atoms with Gasteiger partial charge in [0.15, 0.2) is 0 Å². The Morgan fingerprint density at radius 1 is 0.967 bits per heavy atom. The zero-order valence-electron chi connectivity index (χ0n) is 16.9. The molecule has 1 unspecified atom stereocenters. The number of carbonyl (C=O) groups is 2. The minimum Gasteiger partial charge on any atom is -0.474 e. The smallest absolute Gasteiger partial charge is 0.270 e. The van der Waals surface area contributed by atoms with Crippen molar-refractivity contribution in [2.45, 2.75) is 44.6 Å². The largest absolute Gasteiger partial charge is 0.474 e. The Hall–Kier alpha value is -2.82. The highest BCUT2D eigenvalue weighted by Crippen LogP contribution is 2.60. The van der Waals surface area contributed by atoms with Crippen molar-refractivity contribution in [3.05, 3.63) is 54.1 Å². The fourth-order valence-electron chi connectivity index (χ4n) is 6.69. The third-order valence-corrected chi connectivity index (χ3v) is 7.60. The van der Waals surface area contributed by atoms with Crippen molar-refractivity contribution in [3.8, 4) is 5.75 Å². The molecule has 0 spiro atoms. The van der Waals surface area contributed by atoms with Gasteiger partial charge in [0.25, 0.3) is 5.91 Å². The van der Waals surface area contributed by atoms with E-state index in [0.717, 1.165) is 48.3 Å². The molecule has 5 nitrogen and oxygen atoms in total. The van der Waals surface area contributed by atoms with E-state index in [2.05, 4.69) is 10.6 Å². The van der Waals surface area contributed by atoms with Gasteiger partial charge in [0.2, 0.25) is 12.0 Å². The molecule has 4 bridgehead atoms. The predicted octanol–water partition coefficient (Wildman–Crippen LogP) is 4.91. The van der Waals surface area contributed by atoms with Crippen LogP contribution in [0.4, 0.5) is 11.4 Å². The van der Waals surface area contributed by atoms with Gasteiger partial charge in [-0.05, 0) is 74.5 Å². The maximum Gasteiger partial charge on any atom is 0.270 e. The van der Waals surface area contributed by atoms with Gasteiger partial charge in [0.05, 0.1) is 11.1 Å². The Kier molecular flexibility index (Phi) is 3.95. The average Bonchev–Trinajstić information content (AvgIpc) is 2.73. The minimum atomic E-state index is -0.661. The quantitative estimate of drug-likeness (QED) is 0.766. The molecule has 5 aliphatic rings. The predicted molar refractivity (Wildman–Crippen MR) is 114 cm³/mol. The number of anilines is 2. The molecule has 4 saturated carbocycles. The van der Waals surface area contributed by atoms with Crippen molar-refractivity contribution in [1.29, 1.82) is 0 Å². The topological polar surface area (TPSA) is 67.4 Å². The highest BCUT2D eigenvalue weighted by molar-refractivity contribution is 6.00. The average molecular weight is 402 g/mol. The molecule has 2 aromatic carbocycles. The second-order valence-corrected chi connectivity index (χ2v) is 9.76. The zero-order valence-corrected chi connectivity index (χ0v) is 16.9. The van der Waals surface area contributed by atoms with Crippen LogP contribution in [0, 0.1) is 23.2 Å². The second-order valence-electron chi connectivity index (χ2n) is 9.76. The summed E-state index contributed by atoms with van der Waals surface area (Å²) in [5, 5.41) is 6.10. The van der Waals surface area contributed by atoms with E-state index in [4.69, 9.17) is 4.74 Å². The summed E-state index contributed by atoms with van der Waals surface area (Å²) in [5.74, 6) is 2.77. The van der Waals surface area contributed by atoms with E-state index in [1.165, 1.54) is 19.3 Å². The molecule has 1 atom stereocenters. The third kappa shape index (κ3) is 2.91. The van der Waals surface area contributed by atoms with Crippen LogP contribution in [0.2, 0.25) is 0 Å². The van der Waals surface area contributed by atoms with Gasteiger partial charge in [-0.3, -0.25) is 9.59 Å². The van der Waals surface area contributed by atoms with Crippen LogP contribution in [0.1, 0.15) is 50.2 Å². The molecule has 0 radical (unpaired) electrons. The molecule has 2 aromatic rings. The summed E-state index contributed by atoms with van der Waals surface area (Å²) in [7, 11) is 0. The maximum atomic E-state index is 13.3. The van der Waals surface area contributed by atoms with Crippen molar-refractivity contribution < 1.29 is 14.3 Å². The van der Waals surface area contributed by atoms with Crippen molar-refractivity contribution in [2.75, 3.05) is 10.6 Å². The van der Waals surface area contributed by atoms with E-state index in [1.807, 2.05) is 48.5 Å². The molecule has 30 heavy (non-hydrogen) atoms. The summed E-state index contributed by atoms with van der Waals surface area (Å²) in [6, 6.07) is 15.0. The van der Waals surface area contributed by atoms with Gasteiger partial charge in [0, 0.05) is 11.3 Å². The number of hydrogen-bond donors (Lipinski definition) is 2. The molecule has 2 amide bonds. The molecule has 1 aliphatic heterocycles. The summed E-state index contributed by atoms with van der Waals surface area (Å²) in [4.78, 5) is 25.9. The number of carbonyl (C=O) groups excluding carboxylic acids is 2. The van der Waals surface area contributed by atoms with Crippen molar-refractivity contribution in [2.24, 2.45) is 23.2 Å². The van der Waals surface area contributed by atoms with Crippen molar-refractivity contribution >= 4 is 23.2 Å². The first-order valence-corrected chi connectivity index (χ1v) is 11.1. The van der Waals surface area contributed by atoms with Gasteiger partial charge >= 0.3 is 0 Å².